The van der Waals surface area contributed by atoms with Gasteiger partial charge in [-0.3, -0.25) is 13.8 Å². The van der Waals surface area contributed by atoms with Crippen molar-refractivity contribution in [2.45, 2.75) is 192 Å². The largest absolute Gasteiger partial charge is 0.498 e. The first kappa shape index (κ1) is 51.7. The minimum atomic E-state index is -4.35. The topological polar surface area (TPSA) is 117 Å². The highest BCUT2D eigenvalue weighted by Crippen LogP contribution is 2.72. The lowest BCUT2D eigenvalue weighted by atomic mass is 9.41. The van der Waals surface area contributed by atoms with Crippen LogP contribution in [0, 0.1) is 5.41 Å². The molecule has 0 radical (unpaired) electrons. The third-order valence-corrected chi connectivity index (χ3v) is 12.0. The highest BCUT2D eigenvalue weighted by molar-refractivity contribution is 7.47. The van der Waals surface area contributed by atoms with Crippen molar-refractivity contribution >= 4 is 13.8 Å². The monoisotopic (exact) mass is 828 g/mol. The van der Waals surface area contributed by atoms with Crippen LogP contribution in [0.1, 0.15) is 181 Å². The first-order valence-electron chi connectivity index (χ1n) is 23.0. The number of allylic oxidation sites excluding steroid dienone is 13. The first-order valence-corrected chi connectivity index (χ1v) is 24.5. The van der Waals surface area contributed by atoms with Crippen molar-refractivity contribution in [3.05, 3.63) is 85.3 Å². The lowest BCUT2D eigenvalue weighted by Gasteiger charge is -2.69. The second kappa shape index (κ2) is 33.3. The molecule has 0 aromatic heterocycles. The summed E-state index contributed by atoms with van der Waals surface area (Å²) in [6, 6.07) is 0. The van der Waals surface area contributed by atoms with E-state index in [0.717, 1.165) is 51.4 Å². The number of unbranched alkanes of at least 4 members (excludes halogenated alkanes) is 14. The highest BCUT2D eigenvalue weighted by Gasteiger charge is 2.70. The van der Waals surface area contributed by atoms with Crippen LogP contribution in [0.5, 0.6) is 0 Å². The average Bonchev–Trinajstić information content (AvgIpc) is 3.18. The van der Waals surface area contributed by atoms with Crippen LogP contribution in [0.25, 0.3) is 0 Å². The van der Waals surface area contributed by atoms with E-state index in [2.05, 4.69) is 74.6 Å². The molecule has 3 fully saturated rings. The van der Waals surface area contributed by atoms with E-state index in [4.69, 9.17) is 24.3 Å². The SMILES string of the molecule is CC/C=C\C/C=C\C/C=C\C/C=C\C/C=C\C/C=C\CCC(=O)OC(CO/C=C\CCCCCCCCCCCCCCCC)COP(=O)(O)OC12CC(CN)(C1)C2. The molecule has 0 aromatic carbocycles. The van der Waals surface area contributed by atoms with Crippen molar-refractivity contribution in [2.75, 3.05) is 19.8 Å². The summed E-state index contributed by atoms with van der Waals surface area (Å²) < 4.78 is 35.0. The summed E-state index contributed by atoms with van der Waals surface area (Å²) in [6.07, 6.45) is 56.5. The molecule has 0 saturated heterocycles. The van der Waals surface area contributed by atoms with Gasteiger partial charge in [0, 0.05) is 6.42 Å². The smallest absolute Gasteiger partial charge is 0.472 e. The molecule has 8 nitrogen and oxygen atoms in total. The van der Waals surface area contributed by atoms with Crippen molar-refractivity contribution in [1.29, 1.82) is 0 Å². The lowest BCUT2D eigenvalue weighted by molar-refractivity contribution is -0.245. The van der Waals surface area contributed by atoms with Gasteiger partial charge in [-0.05, 0) is 95.1 Å². The van der Waals surface area contributed by atoms with Crippen LogP contribution in [-0.4, -0.2) is 42.3 Å². The molecule has 3 rings (SSSR count). The quantitative estimate of drug-likeness (QED) is 0.0207. The number of phosphoric ester groups is 1. The van der Waals surface area contributed by atoms with Gasteiger partial charge in [0.1, 0.15) is 6.61 Å². The van der Waals surface area contributed by atoms with Crippen LogP contribution in [0.15, 0.2) is 85.3 Å². The standard InChI is InChI=1S/C49H82NO7P/c1-3-5-7-9-11-13-15-17-19-21-22-23-24-26-28-30-32-34-36-38-47(51)56-46(41-55-58(52,53)57-49-42-48(43-49,44-49)45-50)40-54-39-37-35-33-31-29-27-25-20-18-16-14-12-10-8-6-4-2/h5,7,11,13,17,19,22-23,26,28,32,34,37,39,46H,3-4,6,8-10,12,14-16,18,20-21,24-25,27,29-31,33,35-36,38,40-45,50H2,1-2H3,(H,52,53)/b7-5-,13-11-,19-17-,23-22-,28-26-,34-32-,39-37-. The van der Waals surface area contributed by atoms with Crippen molar-refractivity contribution in [3.8, 4) is 0 Å². The van der Waals surface area contributed by atoms with Crippen molar-refractivity contribution < 1.29 is 32.8 Å². The maximum absolute atomic E-state index is 12.8. The van der Waals surface area contributed by atoms with Crippen molar-refractivity contribution in [3.63, 3.8) is 0 Å². The zero-order valence-corrected chi connectivity index (χ0v) is 37.5. The van der Waals surface area contributed by atoms with E-state index >= 15 is 0 Å². The Morgan fingerprint density at radius 2 is 1.10 bits per heavy atom. The molecule has 330 valence electrons. The molecule has 2 bridgehead atoms. The Hall–Kier alpha value is -2.48. The lowest BCUT2D eigenvalue weighted by Crippen LogP contribution is -2.70. The van der Waals surface area contributed by atoms with Crippen LogP contribution < -0.4 is 5.73 Å². The van der Waals surface area contributed by atoms with Gasteiger partial charge >= 0.3 is 13.8 Å². The second-order valence-corrected chi connectivity index (χ2v) is 17.8. The van der Waals surface area contributed by atoms with Gasteiger partial charge in [0.15, 0.2) is 6.10 Å². The van der Waals surface area contributed by atoms with E-state index in [-0.39, 0.29) is 25.0 Å². The maximum atomic E-state index is 12.8. The number of phosphoric acid groups is 1. The summed E-state index contributed by atoms with van der Waals surface area (Å²) in [5, 5.41) is 0. The molecule has 2 unspecified atom stereocenters. The molecular weight excluding hydrogens is 746 g/mol. The molecule has 3 aliphatic carbocycles. The van der Waals surface area contributed by atoms with Gasteiger partial charge in [0.25, 0.3) is 0 Å². The summed E-state index contributed by atoms with van der Waals surface area (Å²) in [6.45, 7) is 4.68. The Morgan fingerprint density at radius 3 is 1.59 bits per heavy atom. The molecular formula is C49H82NO7P. The third kappa shape index (κ3) is 25.9. The number of nitrogens with two attached hydrogens (primary N) is 1. The number of hydrogen-bond acceptors (Lipinski definition) is 7. The summed E-state index contributed by atoms with van der Waals surface area (Å²) in [5.41, 5.74) is 5.25. The van der Waals surface area contributed by atoms with Gasteiger partial charge in [0.2, 0.25) is 0 Å². The Kier molecular flexibility index (Phi) is 29.6. The summed E-state index contributed by atoms with van der Waals surface area (Å²) >= 11 is 0. The van der Waals surface area contributed by atoms with Gasteiger partial charge in [0.05, 0.1) is 18.5 Å². The number of ether oxygens (including phenoxy) is 2. The zero-order valence-electron chi connectivity index (χ0n) is 36.6. The van der Waals surface area contributed by atoms with E-state index in [1.54, 1.807) is 6.26 Å². The summed E-state index contributed by atoms with van der Waals surface area (Å²) in [4.78, 5) is 23.2. The fourth-order valence-electron chi connectivity index (χ4n) is 7.61. The van der Waals surface area contributed by atoms with Crippen LogP contribution in [-0.2, 0) is 27.9 Å². The first-order chi connectivity index (χ1) is 28.3. The van der Waals surface area contributed by atoms with E-state index < -0.39 is 25.5 Å². The zero-order chi connectivity index (χ0) is 41.9. The predicted molar refractivity (Wildman–Crippen MR) is 242 cm³/mol. The Balaban J connectivity index is 1.61. The highest BCUT2D eigenvalue weighted by atomic mass is 31.2. The third-order valence-electron chi connectivity index (χ3n) is 10.9. The van der Waals surface area contributed by atoms with Crippen LogP contribution in [0.2, 0.25) is 0 Å². The molecule has 0 spiro atoms. The normalized spacial score (nSPS) is 21.0. The molecule has 3 aliphatic rings. The molecule has 58 heavy (non-hydrogen) atoms. The fourth-order valence-corrected chi connectivity index (χ4v) is 8.70. The van der Waals surface area contributed by atoms with Crippen LogP contribution >= 0.6 is 7.82 Å². The van der Waals surface area contributed by atoms with Gasteiger partial charge in [-0.2, -0.15) is 0 Å². The average molecular weight is 828 g/mol. The summed E-state index contributed by atoms with van der Waals surface area (Å²) in [7, 11) is -4.35. The Morgan fingerprint density at radius 1 is 0.638 bits per heavy atom. The number of esters is 1. The van der Waals surface area contributed by atoms with Gasteiger partial charge in [-0.25, -0.2) is 4.57 Å². The number of hydrogen-bond donors (Lipinski definition) is 2. The van der Waals surface area contributed by atoms with Crippen LogP contribution in [0.4, 0.5) is 0 Å². The molecule has 2 atom stereocenters. The van der Waals surface area contributed by atoms with E-state index in [1.807, 2.05) is 18.2 Å². The molecule has 0 amide bonds. The van der Waals surface area contributed by atoms with Crippen LogP contribution in [0.3, 0.4) is 0 Å². The van der Waals surface area contributed by atoms with Crippen molar-refractivity contribution in [1.82, 2.24) is 0 Å². The fraction of sp³-hybridized carbons (Fsp3) is 0.694. The molecule has 0 aromatic rings. The number of carbonyl (C=O) groups excluding carboxylic acids is 1. The van der Waals surface area contributed by atoms with Crippen molar-refractivity contribution in [2.24, 2.45) is 11.1 Å². The van der Waals surface area contributed by atoms with Gasteiger partial charge < -0.3 is 20.1 Å². The minimum absolute atomic E-state index is 0.0162. The molecule has 3 saturated carbocycles. The maximum Gasteiger partial charge on any atom is 0.472 e. The molecule has 9 heteroatoms. The van der Waals surface area contributed by atoms with E-state index in [1.165, 1.54) is 83.5 Å². The van der Waals surface area contributed by atoms with Gasteiger partial charge in [-0.1, -0.05) is 170 Å². The minimum Gasteiger partial charge on any atom is -0.498 e. The number of carbonyl (C=O) groups is 1. The van der Waals surface area contributed by atoms with Gasteiger partial charge in [-0.15, -0.1) is 0 Å². The molecule has 0 heterocycles. The Bertz CT molecular complexity index is 1300. The van der Waals surface area contributed by atoms with E-state index in [9.17, 15) is 14.3 Å². The molecule has 3 N–H and O–H groups in total. The Labute approximate surface area is 354 Å². The predicted octanol–water partition coefficient (Wildman–Crippen LogP) is 13.8. The molecule has 0 aliphatic heterocycles. The van der Waals surface area contributed by atoms with E-state index in [0.29, 0.717) is 32.2 Å². The second-order valence-electron chi connectivity index (χ2n) is 16.4. The summed E-state index contributed by atoms with van der Waals surface area (Å²) in [5.74, 6) is -0.416. The number of rotatable bonds is 39.